The highest BCUT2D eigenvalue weighted by Gasteiger charge is 2.26. The maximum atomic E-state index is 11.6. The first-order valence-electron chi connectivity index (χ1n) is 6.52. The molecular formula is C14H17BrN2O2. The molecule has 2 aliphatic heterocycles. The van der Waals surface area contributed by atoms with Gasteiger partial charge in [-0.25, -0.2) is 4.79 Å². The number of nitrogens with one attached hydrogen (secondary N) is 1. The minimum absolute atomic E-state index is 0.0418. The molecule has 0 saturated carbocycles. The molecule has 2 aliphatic rings. The Labute approximate surface area is 121 Å². The number of carbonyl (C=O) groups excluding carboxylic acids is 1. The normalized spacial score (nSPS) is 24.0. The minimum Gasteiger partial charge on any atom is -0.381 e. The van der Waals surface area contributed by atoms with Crippen LogP contribution < -0.4 is 5.32 Å². The number of alkyl halides is 1. The number of hydrogen-bond donors (Lipinski definition) is 1. The second kappa shape index (κ2) is 5.13. The lowest BCUT2D eigenvalue weighted by Gasteiger charge is -2.27. The Morgan fingerprint density at radius 3 is 3.11 bits per heavy atom. The molecule has 1 aromatic rings. The monoisotopic (exact) mass is 324 g/mol. The van der Waals surface area contributed by atoms with E-state index in [1.54, 1.807) is 11.9 Å². The highest BCUT2D eigenvalue weighted by Crippen LogP contribution is 2.37. The Morgan fingerprint density at radius 1 is 1.53 bits per heavy atom. The van der Waals surface area contributed by atoms with Gasteiger partial charge in [-0.05, 0) is 23.6 Å². The molecule has 0 aliphatic carbocycles. The SMILES string of the molecule is CN1Cc2cc(C(Br)C3CCOC3)ccc2NC1=O. The van der Waals surface area contributed by atoms with Crippen LogP contribution in [-0.2, 0) is 11.3 Å². The molecule has 2 atom stereocenters. The van der Waals surface area contributed by atoms with Crippen molar-refractivity contribution in [2.24, 2.45) is 5.92 Å². The van der Waals surface area contributed by atoms with Gasteiger partial charge in [-0.15, -0.1) is 0 Å². The van der Waals surface area contributed by atoms with Crippen molar-refractivity contribution in [1.82, 2.24) is 4.90 Å². The number of anilines is 1. The largest absolute Gasteiger partial charge is 0.381 e. The highest BCUT2D eigenvalue weighted by atomic mass is 79.9. The number of nitrogens with zero attached hydrogens (tertiary/aromatic N) is 1. The third kappa shape index (κ3) is 2.49. The summed E-state index contributed by atoms with van der Waals surface area (Å²) in [6.07, 6.45) is 1.10. The zero-order chi connectivity index (χ0) is 13.4. The standard InChI is InChI=1S/C14H17BrN2O2/c1-17-7-11-6-9(2-3-12(11)16-14(17)18)13(15)10-4-5-19-8-10/h2-3,6,10,13H,4-5,7-8H2,1H3,(H,16,18). The summed E-state index contributed by atoms with van der Waals surface area (Å²) in [5.74, 6) is 0.536. The van der Waals surface area contributed by atoms with Gasteiger partial charge in [-0.1, -0.05) is 28.1 Å². The Balaban J connectivity index is 1.84. The van der Waals surface area contributed by atoms with Crippen LogP contribution in [0.25, 0.3) is 0 Å². The summed E-state index contributed by atoms with van der Waals surface area (Å²) < 4.78 is 5.45. The molecule has 0 radical (unpaired) electrons. The number of fused-ring (bicyclic) bond motifs is 1. The summed E-state index contributed by atoms with van der Waals surface area (Å²) in [4.78, 5) is 13.6. The van der Waals surface area contributed by atoms with Gasteiger partial charge in [0.25, 0.3) is 0 Å². The van der Waals surface area contributed by atoms with Crippen molar-refractivity contribution in [3.05, 3.63) is 29.3 Å². The average molecular weight is 325 g/mol. The van der Waals surface area contributed by atoms with Crippen LogP contribution in [0.2, 0.25) is 0 Å². The van der Waals surface area contributed by atoms with Crippen molar-refractivity contribution in [1.29, 1.82) is 0 Å². The van der Waals surface area contributed by atoms with Gasteiger partial charge in [0, 0.05) is 36.6 Å². The van der Waals surface area contributed by atoms with E-state index in [1.807, 2.05) is 6.07 Å². The number of urea groups is 1. The van der Waals surface area contributed by atoms with Gasteiger partial charge in [-0.3, -0.25) is 0 Å². The summed E-state index contributed by atoms with van der Waals surface area (Å²) in [5, 5.41) is 2.89. The van der Waals surface area contributed by atoms with Gasteiger partial charge in [0.1, 0.15) is 0 Å². The molecule has 2 amide bonds. The van der Waals surface area contributed by atoms with E-state index in [-0.39, 0.29) is 6.03 Å². The van der Waals surface area contributed by atoms with Gasteiger partial charge >= 0.3 is 6.03 Å². The van der Waals surface area contributed by atoms with Crippen molar-refractivity contribution in [3.8, 4) is 0 Å². The minimum atomic E-state index is -0.0418. The summed E-state index contributed by atoms with van der Waals surface area (Å²) in [5.41, 5.74) is 3.36. The molecule has 2 unspecified atom stereocenters. The molecule has 0 aromatic heterocycles. The lowest BCUT2D eigenvalue weighted by molar-refractivity contribution is 0.185. The number of benzene rings is 1. The van der Waals surface area contributed by atoms with E-state index in [1.165, 1.54) is 11.1 Å². The molecule has 5 heteroatoms. The fourth-order valence-electron chi connectivity index (χ4n) is 2.63. The predicted octanol–water partition coefficient (Wildman–Crippen LogP) is 3.14. The number of carbonyl (C=O) groups is 1. The summed E-state index contributed by atoms with van der Waals surface area (Å²) >= 11 is 3.79. The van der Waals surface area contributed by atoms with Crippen LogP contribution in [-0.4, -0.2) is 31.2 Å². The molecule has 1 fully saturated rings. The maximum absolute atomic E-state index is 11.6. The molecule has 4 nitrogen and oxygen atoms in total. The summed E-state index contributed by atoms with van der Waals surface area (Å²) in [6, 6.07) is 6.23. The van der Waals surface area contributed by atoms with E-state index >= 15 is 0 Å². The molecule has 102 valence electrons. The third-order valence-electron chi connectivity index (χ3n) is 3.82. The van der Waals surface area contributed by atoms with Crippen LogP contribution in [0.15, 0.2) is 18.2 Å². The lowest BCUT2D eigenvalue weighted by Crippen LogP contribution is -2.35. The molecular weight excluding hydrogens is 308 g/mol. The zero-order valence-electron chi connectivity index (χ0n) is 10.9. The molecule has 19 heavy (non-hydrogen) atoms. The second-order valence-electron chi connectivity index (χ2n) is 5.23. The molecule has 1 N–H and O–H groups in total. The number of halogens is 1. The second-order valence-corrected chi connectivity index (χ2v) is 6.21. The average Bonchev–Trinajstić information content (AvgIpc) is 2.93. The quantitative estimate of drug-likeness (QED) is 0.849. The number of rotatable bonds is 2. The van der Waals surface area contributed by atoms with Crippen LogP contribution in [0.4, 0.5) is 10.5 Å². The molecule has 3 rings (SSSR count). The van der Waals surface area contributed by atoms with Crippen molar-refractivity contribution in [3.63, 3.8) is 0 Å². The third-order valence-corrected chi connectivity index (χ3v) is 5.10. The Hall–Kier alpha value is -1.07. The molecule has 1 saturated heterocycles. The first-order valence-corrected chi connectivity index (χ1v) is 7.43. The van der Waals surface area contributed by atoms with E-state index in [0.717, 1.165) is 25.3 Å². The zero-order valence-corrected chi connectivity index (χ0v) is 12.4. The first-order chi connectivity index (χ1) is 9.15. The van der Waals surface area contributed by atoms with Gasteiger partial charge in [-0.2, -0.15) is 0 Å². The van der Waals surface area contributed by atoms with Gasteiger partial charge in [0.15, 0.2) is 0 Å². The predicted molar refractivity (Wildman–Crippen MR) is 77.5 cm³/mol. The smallest absolute Gasteiger partial charge is 0.321 e. The van der Waals surface area contributed by atoms with Crippen molar-refractivity contribution >= 4 is 27.6 Å². The van der Waals surface area contributed by atoms with E-state index in [0.29, 0.717) is 17.3 Å². The van der Waals surface area contributed by atoms with Crippen molar-refractivity contribution in [2.75, 3.05) is 25.6 Å². The van der Waals surface area contributed by atoms with Gasteiger partial charge < -0.3 is 15.0 Å². The molecule has 1 aromatic carbocycles. The Morgan fingerprint density at radius 2 is 2.37 bits per heavy atom. The molecule has 0 bridgehead atoms. The molecule has 0 spiro atoms. The van der Waals surface area contributed by atoms with Gasteiger partial charge in [0.2, 0.25) is 0 Å². The number of ether oxygens (including phenoxy) is 1. The van der Waals surface area contributed by atoms with Crippen LogP contribution in [0, 0.1) is 5.92 Å². The highest BCUT2D eigenvalue weighted by molar-refractivity contribution is 9.09. The molecule has 2 heterocycles. The first kappa shape index (κ1) is 12.9. The fraction of sp³-hybridized carbons (Fsp3) is 0.500. The topological polar surface area (TPSA) is 41.6 Å². The lowest BCUT2D eigenvalue weighted by atomic mass is 9.96. The fourth-order valence-corrected chi connectivity index (χ4v) is 3.33. The van der Waals surface area contributed by atoms with Crippen molar-refractivity contribution < 1.29 is 9.53 Å². The number of amides is 2. The van der Waals surface area contributed by atoms with Crippen LogP contribution in [0.1, 0.15) is 22.4 Å². The summed E-state index contributed by atoms with van der Waals surface area (Å²) in [7, 11) is 1.81. The van der Waals surface area contributed by atoms with Crippen LogP contribution in [0.5, 0.6) is 0 Å². The Kier molecular flexibility index (Phi) is 3.50. The van der Waals surface area contributed by atoms with E-state index in [9.17, 15) is 4.79 Å². The van der Waals surface area contributed by atoms with Crippen LogP contribution in [0.3, 0.4) is 0 Å². The Bertz CT molecular complexity index is 500. The maximum Gasteiger partial charge on any atom is 0.321 e. The van der Waals surface area contributed by atoms with E-state index in [4.69, 9.17) is 4.74 Å². The van der Waals surface area contributed by atoms with Crippen molar-refractivity contribution in [2.45, 2.75) is 17.8 Å². The summed E-state index contributed by atoms with van der Waals surface area (Å²) in [6.45, 7) is 2.34. The number of hydrogen-bond acceptors (Lipinski definition) is 2. The van der Waals surface area contributed by atoms with Gasteiger partial charge in [0.05, 0.1) is 6.61 Å². The van der Waals surface area contributed by atoms with Crippen LogP contribution >= 0.6 is 15.9 Å². The van der Waals surface area contributed by atoms with E-state index < -0.39 is 0 Å². The van der Waals surface area contributed by atoms with E-state index in [2.05, 4.69) is 33.4 Å².